The van der Waals surface area contributed by atoms with Crippen molar-refractivity contribution in [2.75, 3.05) is 12.4 Å². The summed E-state index contributed by atoms with van der Waals surface area (Å²) in [5, 5.41) is 11.0. The van der Waals surface area contributed by atoms with Crippen molar-refractivity contribution in [3.8, 4) is 6.07 Å². The number of hydrogen-bond acceptors (Lipinski definition) is 3. The molecule has 5 heteroatoms. The van der Waals surface area contributed by atoms with Gasteiger partial charge in [0.2, 0.25) is 0 Å². The third-order valence-corrected chi connectivity index (χ3v) is 2.37. The zero-order valence-corrected chi connectivity index (χ0v) is 9.83. The Balaban J connectivity index is 2.66. The second kappa shape index (κ2) is 6.66. The van der Waals surface area contributed by atoms with Gasteiger partial charge < -0.3 is 5.32 Å². The van der Waals surface area contributed by atoms with Gasteiger partial charge in [-0.05, 0) is 17.7 Å². The molecule has 1 aromatic rings. The van der Waals surface area contributed by atoms with Gasteiger partial charge in [-0.2, -0.15) is 5.26 Å². The minimum atomic E-state index is -0.344. The quantitative estimate of drug-likeness (QED) is 0.801. The average Bonchev–Trinajstić information content (AvgIpc) is 2.36. The minimum absolute atomic E-state index is 0.0786. The summed E-state index contributed by atoms with van der Waals surface area (Å²) < 4.78 is 0. The van der Waals surface area contributed by atoms with Crippen LogP contribution in [0.4, 0.5) is 0 Å². The summed E-state index contributed by atoms with van der Waals surface area (Å²) in [5.41, 5.74) is 1.20. The zero-order chi connectivity index (χ0) is 12.7. The smallest absolute Gasteiger partial charge is 0.251 e. The van der Waals surface area contributed by atoms with E-state index < -0.39 is 0 Å². The van der Waals surface area contributed by atoms with E-state index in [0.29, 0.717) is 5.56 Å². The SMILES string of the molecule is N#CCc1cccc(C(=O)NCC(=O)CCl)c1. The Morgan fingerprint density at radius 1 is 1.41 bits per heavy atom. The van der Waals surface area contributed by atoms with E-state index in [9.17, 15) is 9.59 Å². The highest BCUT2D eigenvalue weighted by molar-refractivity contribution is 6.28. The maximum atomic E-state index is 11.6. The molecule has 0 bridgehead atoms. The number of rotatable bonds is 5. The second-order valence-electron chi connectivity index (χ2n) is 3.39. The number of alkyl halides is 1. The molecule has 0 aromatic heterocycles. The molecule has 0 spiro atoms. The summed E-state index contributed by atoms with van der Waals surface area (Å²) in [7, 11) is 0. The Morgan fingerprint density at radius 3 is 2.82 bits per heavy atom. The summed E-state index contributed by atoms with van der Waals surface area (Å²) in [4.78, 5) is 22.6. The number of nitrogens with zero attached hydrogens (tertiary/aromatic N) is 1. The van der Waals surface area contributed by atoms with Crippen molar-refractivity contribution in [3.63, 3.8) is 0 Å². The van der Waals surface area contributed by atoms with Gasteiger partial charge in [-0.3, -0.25) is 9.59 Å². The first-order chi connectivity index (χ1) is 8.17. The third-order valence-electron chi connectivity index (χ3n) is 2.07. The molecule has 0 fully saturated rings. The number of hydrogen-bond donors (Lipinski definition) is 1. The molecule has 1 N–H and O–H groups in total. The van der Waals surface area contributed by atoms with Crippen molar-refractivity contribution in [2.45, 2.75) is 6.42 Å². The van der Waals surface area contributed by atoms with Crippen LogP contribution in [-0.4, -0.2) is 24.1 Å². The van der Waals surface area contributed by atoms with Crippen LogP contribution in [-0.2, 0) is 11.2 Å². The average molecular weight is 251 g/mol. The normalized spacial score (nSPS) is 9.41. The molecule has 0 radical (unpaired) electrons. The number of carbonyl (C=O) groups is 2. The van der Waals surface area contributed by atoms with E-state index in [0.717, 1.165) is 5.56 Å². The fourth-order valence-corrected chi connectivity index (χ4v) is 1.34. The molecule has 88 valence electrons. The molecule has 0 saturated carbocycles. The maximum Gasteiger partial charge on any atom is 0.251 e. The molecule has 0 aliphatic rings. The number of nitriles is 1. The van der Waals surface area contributed by atoms with E-state index >= 15 is 0 Å². The lowest BCUT2D eigenvalue weighted by molar-refractivity contribution is -0.115. The lowest BCUT2D eigenvalue weighted by Gasteiger charge is -2.04. The highest BCUT2D eigenvalue weighted by Gasteiger charge is 2.07. The standard InChI is InChI=1S/C12H11ClN2O2/c13-7-11(16)8-15-12(17)10-3-1-2-9(6-10)4-5-14/h1-3,6H,4,7-8H2,(H,15,17). The molecule has 0 unspecified atom stereocenters. The van der Waals surface area contributed by atoms with Gasteiger partial charge in [-0.1, -0.05) is 12.1 Å². The molecule has 0 aliphatic heterocycles. The molecule has 4 nitrogen and oxygen atoms in total. The van der Waals surface area contributed by atoms with Gasteiger partial charge in [0.1, 0.15) is 0 Å². The van der Waals surface area contributed by atoms with E-state index in [1.54, 1.807) is 24.3 Å². The van der Waals surface area contributed by atoms with Crippen molar-refractivity contribution < 1.29 is 9.59 Å². The maximum absolute atomic E-state index is 11.6. The topological polar surface area (TPSA) is 70.0 Å². The summed E-state index contributed by atoms with van der Waals surface area (Å²) in [5.74, 6) is -0.703. The van der Waals surface area contributed by atoms with Crippen molar-refractivity contribution in [1.29, 1.82) is 5.26 Å². The van der Waals surface area contributed by atoms with E-state index in [1.807, 2.05) is 6.07 Å². The Bertz CT molecular complexity index is 466. The number of benzene rings is 1. The molecule has 0 aliphatic carbocycles. The van der Waals surface area contributed by atoms with Crippen LogP contribution in [0.25, 0.3) is 0 Å². The summed E-state index contributed by atoms with van der Waals surface area (Å²) in [6, 6.07) is 8.73. The third kappa shape index (κ3) is 4.25. The van der Waals surface area contributed by atoms with Crippen LogP contribution >= 0.6 is 11.6 Å². The van der Waals surface area contributed by atoms with E-state index in [4.69, 9.17) is 16.9 Å². The number of amides is 1. The van der Waals surface area contributed by atoms with Crippen molar-refractivity contribution in [1.82, 2.24) is 5.32 Å². The highest BCUT2D eigenvalue weighted by Crippen LogP contribution is 2.05. The lowest BCUT2D eigenvalue weighted by atomic mass is 10.1. The van der Waals surface area contributed by atoms with E-state index in [-0.39, 0.29) is 30.5 Å². The Labute approximate surface area is 104 Å². The Hall–Kier alpha value is -1.86. The van der Waals surface area contributed by atoms with Crippen LogP contribution in [0, 0.1) is 11.3 Å². The van der Waals surface area contributed by atoms with Crippen LogP contribution in [0.5, 0.6) is 0 Å². The van der Waals surface area contributed by atoms with Crippen LogP contribution in [0.15, 0.2) is 24.3 Å². The van der Waals surface area contributed by atoms with Crippen LogP contribution < -0.4 is 5.32 Å². The fraction of sp³-hybridized carbons (Fsp3) is 0.250. The van der Waals surface area contributed by atoms with E-state index in [2.05, 4.69) is 5.32 Å². The molecule has 0 heterocycles. The van der Waals surface area contributed by atoms with Gasteiger partial charge in [-0.25, -0.2) is 0 Å². The predicted octanol–water partition coefficient (Wildman–Crippen LogP) is 1.29. The van der Waals surface area contributed by atoms with Gasteiger partial charge in [0.25, 0.3) is 5.91 Å². The first-order valence-electron chi connectivity index (χ1n) is 4.99. The Kier molecular flexibility index (Phi) is 5.18. The molecule has 1 amide bonds. The summed E-state index contributed by atoms with van der Waals surface area (Å²) in [6.07, 6.45) is 0.252. The highest BCUT2D eigenvalue weighted by atomic mass is 35.5. The first kappa shape index (κ1) is 13.2. The number of Topliss-reactive ketones (excluding diaryl/α,β-unsaturated/α-hetero) is 1. The van der Waals surface area contributed by atoms with E-state index in [1.165, 1.54) is 0 Å². The molecule has 17 heavy (non-hydrogen) atoms. The minimum Gasteiger partial charge on any atom is -0.345 e. The number of ketones is 1. The van der Waals surface area contributed by atoms with Crippen LogP contribution in [0.2, 0.25) is 0 Å². The Morgan fingerprint density at radius 2 is 2.18 bits per heavy atom. The summed E-state index contributed by atoms with van der Waals surface area (Å²) >= 11 is 5.31. The molecular weight excluding hydrogens is 240 g/mol. The second-order valence-corrected chi connectivity index (χ2v) is 3.66. The predicted molar refractivity (Wildman–Crippen MR) is 63.8 cm³/mol. The fourth-order valence-electron chi connectivity index (χ4n) is 1.24. The van der Waals surface area contributed by atoms with Gasteiger partial charge in [0, 0.05) is 5.56 Å². The van der Waals surface area contributed by atoms with Gasteiger partial charge >= 0.3 is 0 Å². The monoisotopic (exact) mass is 250 g/mol. The molecule has 0 saturated heterocycles. The van der Waals surface area contributed by atoms with Gasteiger partial charge in [0.05, 0.1) is 24.9 Å². The number of halogens is 1. The lowest BCUT2D eigenvalue weighted by Crippen LogP contribution is -2.30. The first-order valence-corrected chi connectivity index (χ1v) is 5.52. The molecular formula is C12H11ClN2O2. The van der Waals surface area contributed by atoms with Crippen molar-refractivity contribution >= 4 is 23.3 Å². The largest absolute Gasteiger partial charge is 0.345 e. The van der Waals surface area contributed by atoms with Gasteiger partial charge in [0.15, 0.2) is 5.78 Å². The van der Waals surface area contributed by atoms with Crippen molar-refractivity contribution in [3.05, 3.63) is 35.4 Å². The van der Waals surface area contributed by atoms with Gasteiger partial charge in [-0.15, -0.1) is 11.6 Å². The van der Waals surface area contributed by atoms with Crippen LogP contribution in [0.1, 0.15) is 15.9 Å². The molecule has 0 atom stereocenters. The van der Waals surface area contributed by atoms with Crippen LogP contribution in [0.3, 0.4) is 0 Å². The molecule has 1 aromatic carbocycles. The zero-order valence-electron chi connectivity index (χ0n) is 9.07. The summed E-state index contributed by atoms with van der Waals surface area (Å²) in [6.45, 7) is -0.0786. The van der Waals surface area contributed by atoms with Crippen molar-refractivity contribution in [2.24, 2.45) is 0 Å². The number of carbonyl (C=O) groups excluding carboxylic acids is 2. The number of nitrogens with one attached hydrogen (secondary N) is 1. The molecule has 1 rings (SSSR count).